The second-order valence-corrected chi connectivity index (χ2v) is 6.14. The molecule has 1 amide bonds. The zero-order chi connectivity index (χ0) is 18.1. The van der Waals surface area contributed by atoms with Gasteiger partial charge >= 0.3 is 0 Å². The van der Waals surface area contributed by atoms with E-state index in [4.69, 9.17) is 14.2 Å². The molecule has 26 heavy (non-hydrogen) atoms. The maximum absolute atomic E-state index is 14.2. The third-order valence-electron chi connectivity index (χ3n) is 4.49. The Morgan fingerprint density at radius 3 is 3.04 bits per heavy atom. The summed E-state index contributed by atoms with van der Waals surface area (Å²) in [7, 11) is 0. The van der Waals surface area contributed by atoms with Crippen molar-refractivity contribution in [2.24, 2.45) is 0 Å². The minimum Gasteiger partial charge on any atom is -0.470 e. The fourth-order valence-electron chi connectivity index (χ4n) is 3.10. The maximum Gasteiger partial charge on any atom is 0.254 e. The highest BCUT2D eigenvalue weighted by Crippen LogP contribution is 2.33. The number of hydrogen-bond donors (Lipinski definition) is 0. The highest BCUT2D eigenvalue weighted by molar-refractivity contribution is 5.95. The summed E-state index contributed by atoms with van der Waals surface area (Å²) in [5.41, 5.74) is 0.845. The second kappa shape index (κ2) is 6.78. The Kier molecular flexibility index (Phi) is 4.32. The molecule has 0 saturated carbocycles. The third-order valence-corrected chi connectivity index (χ3v) is 4.49. The molecule has 1 aromatic carbocycles. The summed E-state index contributed by atoms with van der Waals surface area (Å²) in [5, 5.41) is 0. The van der Waals surface area contributed by atoms with E-state index in [1.807, 2.05) is 6.92 Å². The van der Waals surface area contributed by atoms with Gasteiger partial charge in [-0.3, -0.25) is 4.79 Å². The van der Waals surface area contributed by atoms with Gasteiger partial charge in [0.25, 0.3) is 11.8 Å². The van der Waals surface area contributed by atoms with Gasteiger partial charge in [-0.25, -0.2) is 4.98 Å². The van der Waals surface area contributed by atoms with Crippen LogP contribution in [0, 0.1) is 5.82 Å². The number of carbonyl (C=O) groups excluding carboxylic acids is 1. The molecule has 0 spiro atoms. The SMILES string of the molecule is CCc1ncnc(O[C@H]2CCN(C(=O)c3ccc4c(c3)OCO4)C2)c1F. The van der Waals surface area contributed by atoms with E-state index < -0.39 is 5.82 Å². The summed E-state index contributed by atoms with van der Waals surface area (Å²) >= 11 is 0. The zero-order valence-electron chi connectivity index (χ0n) is 14.3. The molecule has 8 heteroatoms. The van der Waals surface area contributed by atoms with Crippen LogP contribution >= 0.6 is 0 Å². The monoisotopic (exact) mass is 359 g/mol. The van der Waals surface area contributed by atoms with E-state index in [0.717, 1.165) is 0 Å². The number of aryl methyl sites for hydroxylation is 1. The Hall–Kier alpha value is -2.90. The van der Waals surface area contributed by atoms with Crippen LogP contribution in [-0.4, -0.2) is 46.8 Å². The summed E-state index contributed by atoms with van der Waals surface area (Å²) in [6.07, 6.45) is 2.06. The normalized spacial score (nSPS) is 18.2. The van der Waals surface area contributed by atoms with Crippen LogP contribution in [0.15, 0.2) is 24.5 Å². The molecule has 7 nitrogen and oxygen atoms in total. The number of fused-ring (bicyclic) bond motifs is 1. The molecule has 1 aromatic heterocycles. The van der Waals surface area contributed by atoms with Crippen LogP contribution in [0.25, 0.3) is 0 Å². The van der Waals surface area contributed by atoms with E-state index in [1.165, 1.54) is 6.33 Å². The van der Waals surface area contributed by atoms with Crippen molar-refractivity contribution in [3.63, 3.8) is 0 Å². The molecule has 0 radical (unpaired) electrons. The predicted octanol–water partition coefficient (Wildman–Crippen LogP) is 2.20. The van der Waals surface area contributed by atoms with Gasteiger partial charge in [-0.2, -0.15) is 9.37 Å². The number of carbonyl (C=O) groups is 1. The number of rotatable bonds is 4. The number of likely N-dealkylation sites (tertiary alicyclic amines) is 1. The van der Waals surface area contributed by atoms with Crippen molar-refractivity contribution in [3.05, 3.63) is 41.6 Å². The molecule has 136 valence electrons. The van der Waals surface area contributed by atoms with Gasteiger partial charge in [0.05, 0.1) is 12.2 Å². The smallest absolute Gasteiger partial charge is 0.254 e. The maximum atomic E-state index is 14.2. The summed E-state index contributed by atoms with van der Waals surface area (Å²) in [5.74, 6) is 0.495. The molecular weight excluding hydrogens is 341 g/mol. The molecule has 1 fully saturated rings. The highest BCUT2D eigenvalue weighted by atomic mass is 19.1. The first-order valence-corrected chi connectivity index (χ1v) is 8.50. The Balaban J connectivity index is 1.43. The second-order valence-electron chi connectivity index (χ2n) is 6.14. The molecule has 0 bridgehead atoms. The molecule has 2 aromatic rings. The Bertz CT molecular complexity index is 845. The first-order chi connectivity index (χ1) is 12.7. The number of hydrogen-bond acceptors (Lipinski definition) is 6. The summed E-state index contributed by atoms with van der Waals surface area (Å²) in [4.78, 5) is 22.1. The fourth-order valence-corrected chi connectivity index (χ4v) is 3.10. The van der Waals surface area contributed by atoms with Gasteiger partial charge in [0.15, 0.2) is 11.5 Å². The summed E-state index contributed by atoms with van der Waals surface area (Å²) in [6.45, 7) is 2.89. The van der Waals surface area contributed by atoms with E-state index in [-0.39, 0.29) is 24.7 Å². The lowest BCUT2D eigenvalue weighted by Crippen LogP contribution is -2.31. The Morgan fingerprint density at radius 2 is 2.19 bits per heavy atom. The van der Waals surface area contributed by atoms with Gasteiger partial charge in [0.1, 0.15) is 12.4 Å². The standard InChI is InChI=1S/C18H18FN3O4/c1-2-13-16(19)17(21-9-20-13)26-12-5-6-22(8-12)18(23)11-3-4-14-15(7-11)25-10-24-14/h3-4,7,9,12H,2,5-6,8,10H2,1H3/t12-/m0/s1. The van der Waals surface area contributed by atoms with Gasteiger partial charge < -0.3 is 19.1 Å². The van der Waals surface area contributed by atoms with E-state index in [1.54, 1.807) is 23.1 Å². The van der Waals surface area contributed by atoms with Gasteiger partial charge in [0.2, 0.25) is 12.6 Å². The molecule has 0 aliphatic carbocycles. The van der Waals surface area contributed by atoms with Crippen LogP contribution in [0.4, 0.5) is 4.39 Å². The average molecular weight is 359 g/mol. The lowest BCUT2D eigenvalue weighted by Gasteiger charge is -2.17. The number of amides is 1. The van der Waals surface area contributed by atoms with Crippen molar-refractivity contribution in [1.29, 1.82) is 0 Å². The van der Waals surface area contributed by atoms with Crippen LogP contribution < -0.4 is 14.2 Å². The first-order valence-electron chi connectivity index (χ1n) is 8.50. The molecule has 0 N–H and O–H groups in total. The van der Waals surface area contributed by atoms with Crippen molar-refractivity contribution >= 4 is 5.91 Å². The largest absolute Gasteiger partial charge is 0.470 e. The minimum atomic E-state index is -0.532. The first kappa shape index (κ1) is 16.6. The number of ether oxygens (including phenoxy) is 3. The van der Waals surface area contributed by atoms with Crippen molar-refractivity contribution in [1.82, 2.24) is 14.9 Å². The molecule has 1 saturated heterocycles. The molecular formula is C18H18FN3O4. The average Bonchev–Trinajstić information content (AvgIpc) is 3.31. The third kappa shape index (κ3) is 3.02. The van der Waals surface area contributed by atoms with E-state index in [0.29, 0.717) is 48.7 Å². The molecule has 2 aliphatic rings. The molecule has 3 heterocycles. The zero-order valence-corrected chi connectivity index (χ0v) is 14.3. The summed E-state index contributed by atoms with van der Waals surface area (Å²) in [6, 6.07) is 5.11. The number of nitrogens with zero attached hydrogens (tertiary/aromatic N) is 3. The van der Waals surface area contributed by atoms with Crippen molar-refractivity contribution in [2.45, 2.75) is 25.9 Å². The van der Waals surface area contributed by atoms with E-state index in [9.17, 15) is 9.18 Å². The number of halogens is 1. The Labute approximate surface area is 149 Å². The van der Waals surface area contributed by atoms with Gasteiger partial charge in [0, 0.05) is 18.5 Å². The quantitative estimate of drug-likeness (QED) is 0.833. The van der Waals surface area contributed by atoms with Crippen LogP contribution in [0.3, 0.4) is 0 Å². The minimum absolute atomic E-state index is 0.0563. The van der Waals surface area contributed by atoms with Crippen LogP contribution in [0.5, 0.6) is 17.4 Å². The Morgan fingerprint density at radius 1 is 1.35 bits per heavy atom. The summed E-state index contributed by atoms with van der Waals surface area (Å²) < 4.78 is 30.5. The molecule has 1 atom stereocenters. The van der Waals surface area contributed by atoms with Crippen LogP contribution in [0.2, 0.25) is 0 Å². The molecule has 4 rings (SSSR count). The molecule has 0 unspecified atom stereocenters. The fraction of sp³-hybridized carbons (Fsp3) is 0.389. The number of benzene rings is 1. The lowest BCUT2D eigenvalue weighted by molar-refractivity contribution is 0.0769. The van der Waals surface area contributed by atoms with Gasteiger partial charge in [-0.15, -0.1) is 0 Å². The predicted molar refractivity (Wildman–Crippen MR) is 88.9 cm³/mol. The van der Waals surface area contributed by atoms with Gasteiger partial charge in [-0.05, 0) is 24.6 Å². The van der Waals surface area contributed by atoms with Crippen molar-refractivity contribution in [3.8, 4) is 17.4 Å². The van der Waals surface area contributed by atoms with Crippen LogP contribution in [0.1, 0.15) is 29.4 Å². The lowest BCUT2D eigenvalue weighted by atomic mass is 10.2. The van der Waals surface area contributed by atoms with E-state index in [2.05, 4.69) is 9.97 Å². The topological polar surface area (TPSA) is 73.8 Å². The van der Waals surface area contributed by atoms with Crippen LogP contribution in [-0.2, 0) is 6.42 Å². The molecule has 2 aliphatic heterocycles. The number of aromatic nitrogens is 2. The van der Waals surface area contributed by atoms with E-state index >= 15 is 0 Å². The van der Waals surface area contributed by atoms with Gasteiger partial charge in [-0.1, -0.05) is 6.92 Å². The van der Waals surface area contributed by atoms with Crippen molar-refractivity contribution < 1.29 is 23.4 Å². The van der Waals surface area contributed by atoms with Crippen molar-refractivity contribution in [2.75, 3.05) is 19.9 Å². The highest BCUT2D eigenvalue weighted by Gasteiger charge is 2.30.